The van der Waals surface area contributed by atoms with Gasteiger partial charge >= 0.3 is 5.97 Å². The van der Waals surface area contributed by atoms with E-state index in [2.05, 4.69) is 43.4 Å². The quantitative estimate of drug-likeness (QED) is 0.484. The molecule has 31 heavy (non-hydrogen) atoms. The molecule has 0 aliphatic carbocycles. The highest BCUT2D eigenvalue weighted by molar-refractivity contribution is 7.17. The van der Waals surface area contributed by atoms with Gasteiger partial charge in [0.1, 0.15) is 5.56 Å². The van der Waals surface area contributed by atoms with E-state index in [0.717, 1.165) is 34.3 Å². The van der Waals surface area contributed by atoms with Gasteiger partial charge in [-0.25, -0.2) is 4.79 Å². The van der Waals surface area contributed by atoms with Crippen molar-refractivity contribution in [1.29, 1.82) is 0 Å². The van der Waals surface area contributed by atoms with Crippen LogP contribution in [0.2, 0.25) is 0 Å². The van der Waals surface area contributed by atoms with Crippen LogP contribution < -0.4 is 5.43 Å². The number of carboxylic acids is 1. The lowest BCUT2D eigenvalue weighted by molar-refractivity contribution is 0.0693. The van der Waals surface area contributed by atoms with Crippen LogP contribution in [0.25, 0.3) is 32.6 Å². The van der Waals surface area contributed by atoms with Gasteiger partial charge in [0.2, 0.25) is 0 Å². The first-order valence-corrected chi connectivity index (χ1v) is 11.1. The van der Waals surface area contributed by atoms with Crippen molar-refractivity contribution in [3.05, 3.63) is 63.4 Å². The van der Waals surface area contributed by atoms with Crippen LogP contribution in [0.15, 0.2) is 46.8 Å². The maximum Gasteiger partial charge on any atom is 0.341 e. The monoisotopic (exact) mass is 433 g/mol. The molecule has 0 spiro atoms. The van der Waals surface area contributed by atoms with E-state index in [0.29, 0.717) is 0 Å². The third kappa shape index (κ3) is 3.03. The molecular formula is C24H23N3O3S. The van der Waals surface area contributed by atoms with Crippen LogP contribution in [0.3, 0.4) is 0 Å². The number of aromatic carboxylic acids is 1. The molecular weight excluding hydrogens is 410 g/mol. The van der Waals surface area contributed by atoms with E-state index < -0.39 is 11.4 Å². The third-order valence-corrected chi connectivity index (χ3v) is 7.13. The molecule has 1 aliphatic rings. The lowest BCUT2D eigenvalue weighted by Gasteiger charge is -2.39. The predicted molar refractivity (Wildman–Crippen MR) is 123 cm³/mol. The number of aromatic nitrogens is 3. The summed E-state index contributed by atoms with van der Waals surface area (Å²) in [5.74, 6) is -1.19. The normalized spacial score (nSPS) is 15.7. The van der Waals surface area contributed by atoms with Gasteiger partial charge < -0.3 is 9.67 Å². The van der Waals surface area contributed by atoms with Gasteiger partial charge in [-0.3, -0.25) is 9.48 Å². The summed E-state index contributed by atoms with van der Waals surface area (Å²) >= 11 is 1.70. The minimum atomic E-state index is -1.19. The minimum Gasteiger partial charge on any atom is -0.477 e. The molecule has 1 aromatic carbocycles. The molecule has 1 atom stereocenters. The van der Waals surface area contributed by atoms with Crippen LogP contribution in [0.4, 0.5) is 0 Å². The maximum absolute atomic E-state index is 12.7. The number of nitrogens with zero attached hydrogens (tertiary/aromatic N) is 3. The Morgan fingerprint density at radius 2 is 2.00 bits per heavy atom. The minimum absolute atomic E-state index is 0.0275. The van der Waals surface area contributed by atoms with Crippen LogP contribution in [-0.4, -0.2) is 25.4 Å². The van der Waals surface area contributed by atoms with Crippen LogP contribution in [0.1, 0.15) is 42.7 Å². The summed E-state index contributed by atoms with van der Waals surface area (Å²) in [6.07, 6.45) is 4.21. The molecule has 4 heterocycles. The van der Waals surface area contributed by atoms with E-state index in [-0.39, 0.29) is 17.0 Å². The Morgan fingerprint density at radius 1 is 1.23 bits per heavy atom. The number of hydrogen-bond acceptors (Lipinski definition) is 4. The molecule has 0 amide bonds. The van der Waals surface area contributed by atoms with Gasteiger partial charge in [-0.1, -0.05) is 20.8 Å². The molecule has 4 aromatic rings. The zero-order chi connectivity index (χ0) is 22.1. The van der Waals surface area contributed by atoms with Crippen molar-refractivity contribution in [2.75, 3.05) is 0 Å². The highest BCUT2D eigenvalue weighted by atomic mass is 32.1. The average molecular weight is 434 g/mol. The van der Waals surface area contributed by atoms with Crippen LogP contribution in [-0.2, 0) is 13.5 Å². The molecule has 1 aliphatic heterocycles. The fraction of sp³-hybridized carbons (Fsp3) is 0.292. The Balaban J connectivity index is 1.87. The van der Waals surface area contributed by atoms with Crippen molar-refractivity contribution in [1.82, 2.24) is 14.3 Å². The largest absolute Gasteiger partial charge is 0.477 e. The third-order valence-electron chi connectivity index (χ3n) is 6.15. The van der Waals surface area contributed by atoms with E-state index >= 15 is 0 Å². The molecule has 1 N–H and O–H groups in total. The second kappa shape index (κ2) is 6.65. The zero-order valence-electron chi connectivity index (χ0n) is 17.8. The second-order valence-corrected chi connectivity index (χ2v) is 10.1. The van der Waals surface area contributed by atoms with Gasteiger partial charge in [-0.05, 0) is 41.0 Å². The molecule has 6 nitrogen and oxygen atoms in total. The number of carbonyl (C=O) groups is 1. The number of pyridine rings is 1. The van der Waals surface area contributed by atoms with Gasteiger partial charge in [0.05, 0.1) is 11.4 Å². The van der Waals surface area contributed by atoms with Gasteiger partial charge in [0, 0.05) is 52.8 Å². The smallest absolute Gasteiger partial charge is 0.341 e. The van der Waals surface area contributed by atoms with Crippen molar-refractivity contribution in [3.63, 3.8) is 0 Å². The van der Waals surface area contributed by atoms with Crippen LogP contribution in [0, 0.1) is 5.41 Å². The standard InChI is InChI=1S/C24H23N3O3S/c1-24(2,3)21-10-16-15(19-11-20(28)17(23(29)30)12-27(19)21)9-14(13-6-8-31-22(13)16)18-5-7-26(4)25-18/h5-9,11-12,21H,10H2,1-4H3,(H,29,30)/t21-/m0/s1. The fourth-order valence-corrected chi connectivity index (χ4v) is 5.57. The van der Waals surface area contributed by atoms with Crippen molar-refractivity contribution >= 4 is 27.4 Å². The molecule has 0 radical (unpaired) electrons. The van der Waals surface area contributed by atoms with Gasteiger partial charge in [-0.2, -0.15) is 5.10 Å². The first-order chi connectivity index (χ1) is 14.6. The predicted octanol–water partition coefficient (Wildman–Crippen LogP) is 4.97. The Hall–Kier alpha value is -3.19. The topological polar surface area (TPSA) is 77.1 Å². The number of rotatable bonds is 2. The Morgan fingerprint density at radius 3 is 2.65 bits per heavy atom. The molecule has 0 unspecified atom stereocenters. The number of carboxylic acid groups (broad SMARTS) is 1. The van der Waals surface area contributed by atoms with Gasteiger partial charge in [0.25, 0.3) is 0 Å². The fourth-order valence-electron chi connectivity index (χ4n) is 4.59. The van der Waals surface area contributed by atoms with Crippen molar-refractivity contribution in [2.24, 2.45) is 12.5 Å². The van der Waals surface area contributed by atoms with Crippen LogP contribution in [0.5, 0.6) is 0 Å². The lowest BCUT2D eigenvalue weighted by atomic mass is 9.78. The molecule has 0 saturated carbocycles. The summed E-state index contributed by atoms with van der Waals surface area (Å²) < 4.78 is 4.98. The summed E-state index contributed by atoms with van der Waals surface area (Å²) in [6, 6.07) is 7.74. The van der Waals surface area contributed by atoms with Crippen molar-refractivity contribution in [3.8, 4) is 22.5 Å². The van der Waals surface area contributed by atoms with E-state index in [1.807, 2.05) is 23.9 Å². The first-order valence-electron chi connectivity index (χ1n) is 10.2. The summed E-state index contributed by atoms with van der Waals surface area (Å²) in [5.41, 5.74) is 4.07. The Labute approximate surface area is 183 Å². The van der Waals surface area contributed by atoms with E-state index in [4.69, 9.17) is 0 Å². The summed E-state index contributed by atoms with van der Waals surface area (Å²) in [7, 11) is 1.89. The number of benzene rings is 1. The molecule has 7 heteroatoms. The SMILES string of the molecule is Cn1ccc(-c2cc3c(c4sccc24)C[C@@H](C(C)(C)C)n2cc(C(=O)O)c(=O)cc2-3)n1. The van der Waals surface area contributed by atoms with Crippen molar-refractivity contribution in [2.45, 2.75) is 33.2 Å². The number of aryl methyl sites for hydroxylation is 1. The number of fused-ring (bicyclic) bond motifs is 5. The Kier molecular flexibility index (Phi) is 4.24. The first kappa shape index (κ1) is 19.8. The average Bonchev–Trinajstić information content (AvgIpc) is 3.34. The van der Waals surface area contributed by atoms with Crippen molar-refractivity contribution < 1.29 is 9.90 Å². The molecule has 0 bridgehead atoms. The summed E-state index contributed by atoms with van der Waals surface area (Å²) in [5, 5.41) is 17.4. The maximum atomic E-state index is 12.7. The lowest BCUT2D eigenvalue weighted by Crippen LogP contribution is -2.32. The van der Waals surface area contributed by atoms with Gasteiger partial charge in [-0.15, -0.1) is 11.3 Å². The number of hydrogen-bond donors (Lipinski definition) is 1. The van der Waals surface area contributed by atoms with Crippen LogP contribution >= 0.6 is 11.3 Å². The highest BCUT2D eigenvalue weighted by Crippen LogP contribution is 2.47. The second-order valence-electron chi connectivity index (χ2n) is 9.22. The summed E-state index contributed by atoms with van der Waals surface area (Å²) in [4.78, 5) is 24.3. The molecule has 0 fully saturated rings. The van der Waals surface area contributed by atoms with E-state index in [1.165, 1.54) is 22.5 Å². The molecule has 5 rings (SSSR count). The van der Waals surface area contributed by atoms with E-state index in [1.54, 1.807) is 16.0 Å². The molecule has 158 valence electrons. The zero-order valence-corrected chi connectivity index (χ0v) is 18.7. The molecule has 3 aromatic heterocycles. The van der Waals surface area contributed by atoms with Gasteiger partial charge in [0.15, 0.2) is 5.43 Å². The van der Waals surface area contributed by atoms with E-state index in [9.17, 15) is 14.7 Å². The summed E-state index contributed by atoms with van der Waals surface area (Å²) in [6.45, 7) is 6.45. The molecule has 0 saturated heterocycles. The Bertz CT molecular complexity index is 1420. The number of thiophene rings is 1. The highest BCUT2D eigenvalue weighted by Gasteiger charge is 2.35.